The van der Waals surface area contributed by atoms with Gasteiger partial charge in [-0.3, -0.25) is 14.9 Å². The van der Waals surface area contributed by atoms with Gasteiger partial charge in [0.15, 0.2) is 5.75 Å². The standard InChI is InChI=1S/C19H24N2O5/c1-4-6-7-8-12-26-17-15-10-9-14(21(23)24)13-16(15)20(3)19(22)18(17)25-11-5-2/h5,9-10,13H,2,4,6-8,11-12H2,1,3H3. The highest BCUT2D eigenvalue weighted by molar-refractivity contribution is 5.89. The molecule has 1 aromatic carbocycles. The van der Waals surface area contributed by atoms with Crippen molar-refractivity contribution in [2.24, 2.45) is 7.05 Å². The molecule has 0 saturated heterocycles. The Labute approximate surface area is 152 Å². The smallest absolute Gasteiger partial charge is 0.297 e. The first-order chi connectivity index (χ1) is 12.5. The average Bonchev–Trinajstić information content (AvgIpc) is 2.64. The van der Waals surface area contributed by atoms with Crippen molar-refractivity contribution in [2.75, 3.05) is 13.2 Å². The lowest BCUT2D eigenvalue weighted by Gasteiger charge is -2.16. The molecule has 2 rings (SSSR count). The quantitative estimate of drug-likeness (QED) is 0.277. The number of aryl methyl sites for hydroxylation is 1. The first kappa shape index (κ1) is 19.5. The minimum absolute atomic E-state index is 0.0823. The van der Waals surface area contributed by atoms with Crippen molar-refractivity contribution in [3.8, 4) is 11.5 Å². The molecule has 0 fully saturated rings. The molecule has 1 heterocycles. The van der Waals surface area contributed by atoms with Crippen LogP contribution in [0.3, 0.4) is 0 Å². The molecule has 0 aliphatic rings. The van der Waals surface area contributed by atoms with E-state index in [0.29, 0.717) is 23.3 Å². The number of benzene rings is 1. The fraction of sp³-hybridized carbons (Fsp3) is 0.421. The molecule has 0 radical (unpaired) electrons. The van der Waals surface area contributed by atoms with E-state index in [4.69, 9.17) is 9.47 Å². The SMILES string of the molecule is C=CCOc1c(OCCCCCC)c2ccc([N+](=O)[O-])cc2n(C)c1=O. The van der Waals surface area contributed by atoms with Gasteiger partial charge in [0.25, 0.3) is 11.2 Å². The van der Waals surface area contributed by atoms with Crippen LogP contribution in [-0.2, 0) is 7.05 Å². The van der Waals surface area contributed by atoms with Crippen molar-refractivity contribution in [1.29, 1.82) is 0 Å². The van der Waals surface area contributed by atoms with E-state index in [1.807, 2.05) is 0 Å². The second kappa shape index (κ2) is 9.03. The van der Waals surface area contributed by atoms with Crippen LogP contribution >= 0.6 is 0 Å². The maximum Gasteiger partial charge on any atom is 0.297 e. The number of fused-ring (bicyclic) bond motifs is 1. The van der Waals surface area contributed by atoms with E-state index < -0.39 is 10.5 Å². The average molecular weight is 360 g/mol. The van der Waals surface area contributed by atoms with E-state index in [0.717, 1.165) is 25.7 Å². The normalized spacial score (nSPS) is 10.7. The second-order valence-electron chi connectivity index (χ2n) is 5.99. The summed E-state index contributed by atoms with van der Waals surface area (Å²) >= 11 is 0. The molecule has 1 aromatic heterocycles. The molecule has 0 atom stereocenters. The summed E-state index contributed by atoms with van der Waals surface area (Å²) in [6.07, 6.45) is 5.68. The van der Waals surface area contributed by atoms with Crippen LogP contribution in [0.1, 0.15) is 32.6 Å². The number of nitro groups is 1. The molecule has 0 aliphatic carbocycles. The number of nitrogens with zero attached hydrogens (tertiary/aromatic N) is 2. The van der Waals surface area contributed by atoms with Crippen LogP contribution in [0.25, 0.3) is 10.9 Å². The lowest BCUT2D eigenvalue weighted by Crippen LogP contribution is -2.21. The first-order valence-corrected chi connectivity index (χ1v) is 8.68. The molecule has 0 saturated carbocycles. The second-order valence-corrected chi connectivity index (χ2v) is 5.99. The highest BCUT2D eigenvalue weighted by Crippen LogP contribution is 2.34. The third-order valence-electron chi connectivity index (χ3n) is 4.09. The minimum atomic E-state index is -0.489. The van der Waals surface area contributed by atoms with Crippen LogP contribution in [0, 0.1) is 10.1 Å². The van der Waals surface area contributed by atoms with Crippen molar-refractivity contribution in [3.63, 3.8) is 0 Å². The maximum absolute atomic E-state index is 12.7. The molecule has 0 bridgehead atoms. The zero-order valence-corrected chi connectivity index (χ0v) is 15.2. The van der Waals surface area contributed by atoms with Crippen molar-refractivity contribution < 1.29 is 14.4 Å². The van der Waals surface area contributed by atoms with Gasteiger partial charge in [0, 0.05) is 24.6 Å². The number of ether oxygens (including phenoxy) is 2. The summed E-state index contributed by atoms with van der Waals surface area (Å²) in [5, 5.41) is 11.7. The van der Waals surface area contributed by atoms with Crippen LogP contribution in [0.2, 0.25) is 0 Å². The molecule has 7 nitrogen and oxygen atoms in total. The Kier molecular flexibility index (Phi) is 6.77. The van der Waals surface area contributed by atoms with Crippen LogP contribution in [0.15, 0.2) is 35.6 Å². The molecule has 0 N–H and O–H groups in total. The molecular formula is C19H24N2O5. The molecule has 2 aromatic rings. The maximum atomic E-state index is 12.7. The van der Waals surface area contributed by atoms with E-state index in [2.05, 4.69) is 13.5 Å². The number of hydrogen-bond donors (Lipinski definition) is 0. The summed E-state index contributed by atoms with van der Waals surface area (Å²) in [6.45, 7) is 6.34. The number of pyridine rings is 1. The largest absolute Gasteiger partial charge is 0.489 e. The number of aromatic nitrogens is 1. The molecule has 0 aliphatic heterocycles. The fourth-order valence-corrected chi connectivity index (χ4v) is 2.70. The third kappa shape index (κ3) is 4.22. The van der Waals surface area contributed by atoms with Crippen LogP contribution in [-0.4, -0.2) is 22.7 Å². The fourth-order valence-electron chi connectivity index (χ4n) is 2.70. The van der Waals surface area contributed by atoms with Gasteiger partial charge in [0.05, 0.1) is 17.0 Å². The van der Waals surface area contributed by atoms with Gasteiger partial charge < -0.3 is 14.0 Å². The number of nitro benzene ring substituents is 1. The molecule has 26 heavy (non-hydrogen) atoms. The van der Waals surface area contributed by atoms with Gasteiger partial charge in [-0.1, -0.05) is 38.8 Å². The molecule has 140 valence electrons. The highest BCUT2D eigenvalue weighted by atomic mass is 16.6. The van der Waals surface area contributed by atoms with Crippen molar-refractivity contribution in [3.05, 3.63) is 51.3 Å². The Morgan fingerprint density at radius 3 is 2.65 bits per heavy atom. The summed E-state index contributed by atoms with van der Waals surface area (Å²) in [6, 6.07) is 4.36. The predicted molar refractivity (Wildman–Crippen MR) is 101 cm³/mol. The van der Waals surface area contributed by atoms with Crippen LogP contribution < -0.4 is 15.0 Å². The zero-order chi connectivity index (χ0) is 19.1. The highest BCUT2D eigenvalue weighted by Gasteiger charge is 2.20. The lowest BCUT2D eigenvalue weighted by atomic mass is 10.1. The summed E-state index contributed by atoms with van der Waals surface area (Å²) in [4.78, 5) is 23.2. The Morgan fingerprint density at radius 1 is 1.23 bits per heavy atom. The predicted octanol–water partition coefficient (Wildman–Crippen LogP) is 3.97. The van der Waals surface area contributed by atoms with E-state index in [-0.39, 0.29) is 18.0 Å². The monoisotopic (exact) mass is 360 g/mol. The number of unbranched alkanes of at least 4 members (excludes halogenated alkanes) is 3. The topological polar surface area (TPSA) is 83.6 Å². The van der Waals surface area contributed by atoms with Gasteiger partial charge in [-0.25, -0.2) is 0 Å². The van der Waals surface area contributed by atoms with E-state index in [1.165, 1.54) is 16.7 Å². The van der Waals surface area contributed by atoms with E-state index in [9.17, 15) is 14.9 Å². The molecular weight excluding hydrogens is 336 g/mol. The molecule has 0 unspecified atom stereocenters. The van der Waals surface area contributed by atoms with Gasteiger partial charge >= 0.3 is 0 Å². The Morgan fingerprint density at radius 2 is 2.00 bits per heavy atom. The molecule has 0 amide bonds. The van der Waals surface area contributed by atoms with Gasteiger partial charge in [-0.15, -0.1) is 0 Å². The van der Waals surface area contributed by atoms with Crippen LogP contribution in [0.5, 0.6) is 11.5 Å². The molecule has 0 spiro atoms. The zero-order valence-electron chi connectivity index (χ0n) is 15.2. The summed E-state index contributed by atoms with van der Waals surface area (Å²) in [5.74, 6) is 0.431. The summed E-state index contributed by atoms with van der Waals surface area (Å²) in [7, 11) is 1.56. The number of non-ortho nitro benzene ring substituents is 1. The van der Waals surface area contributed by atoms with Crippen LogP contribution in [0.4, 0.5) is 5.69 Å². The van der Waals surface area contributed by atoms with E-state index >= 15 is 0 Å². The summed E-state index contributed by atoms with van der Waals surface area (Å²) < 4.78 is 12.8. The van der Waals surface area contributed by atoms with Crippen molar-refractivity contribution in [1.82, 2.24) is 4.57 Å². The Balaban J connectivity index is 2.51. The van der Waals surface area contributed by atoms with Gasteiger partial charge in [0.1, 0.15) is 6.61 Å². The van der Waals surface area contributed by atoms with Gasteiger partial charge in [0.2, 0.25) is 5.75 Å². The summed E-state index contributed by atoms with van der Waals surface area (Å²) in [5.41, 5.74) is -0.0525. The van der Waals surface area contributed by atoms with Crippen molar-refractivity contribution >= 4 is 16.6 Å². The molecule has 7 heteroatoms. The number of rotatable bonds is 10. The first-order valence-electron chi connectivity index (χ1n) is 8.68. The lowest BCUT2D eigenvalue weighted by molar-refractivity contribution is -0.384. The minimum Gasteiger partial charge on any atom is -0.489 e. The Bertz CT molecular complexity index is 857. The van der Waals surface area contributed by atoms with Gasteiger partial charge in [-0.2, -0.15) is 0 Å². The number of hydrogen-bond acceptors (Lipinski definition) is 5. The van der Waals surface area contributed by atoms with Gasteiger partial charge in [-0.05, 0) is 12.5 Å². The third-order valence-corrected chi connectivity index (χ3v) is 4.09. The Hall–Kier alpha value is -2.83. The van der Waals surface area contributed by atoms with E-state index in [1.54, 1.807) is 19.2 Å². The van der Waals surface area contributed by atoms with Crippen molar-refractivity contribution in [2.45, 2.75) is 32.6 Å².